The maximum Gasteiger partial charge on any atom is 0.160 e. The molecule has 1 aliphatic rings. The molecule has 0 aliphatic carbocycles. The fourth-order valence-electron chi connectivity index (χ4n) is 1.40. The predicted molar refractivity (Wildman–Crippen MR) is 54.6 cm³/mol. The summed E-state index contributed by atoms with van der Waals surface area (Å²) in [5, 5.41) is 11.7. The van der Waals surface area contributed by atoms with Crippen LogP contribution in [0, 0.1) is 0 Å². The smallest absolute Gasteiger partial charge is 0.160 e. The Morgan fingerprint density at radius 2 is 2.29 bits per heavy atom. The van der Waals surface area contributed by atoms with E-state index in [-0.39, 0.29) is 6.29 Å². The van der Waals surface area contributed by atoms with Crippen LogP contribution in [0.1, 0.15) is 18.1 Å². The average Bonchev–Trinajstić information content (AvgIpc) is 2.75. The molecule has 0 aromatic carbocycles. The predicted octanol–water partition coefficient (Wildman–Crippen LogP) is 2.20. The van der Waals surface area contributed by atoms with Gasteiger partial charge in [-0.1, -0.05) is 11.6 Å². The highest BCUT2D eigenvalue weighted by molar-refractivity contribution is 7.14. The Kier molecular flexibility index (Phi) is 3.41. The lowest BCUT2D eigenvalue weighted by Crippen LogP contribution is -2.12. The zero-order valence-corrected chi connectivity index (χ0v) is 9.05. The van der Waals surface area contributed by atoms with Gasteiger partial charge in [0.25, 0.3) is 0 Å². The maximum absolute atomic E-state index is 9.81. The number of aliphatic hydroxyl groups is 1. The number of rotatable bonds is 3. The van der Waals surface area contributed by atoms with E-state index in [0.717, 1.165) is 5.56 Å². The molecule has 1 fully saturated rings. The molecule has 0 amide bonds. The lowest BCUT2D eigenvalue weighted by Gasteiger charge is -2.14. The van der Waals surface area contributed by atoms with Gasteiger partial charge in [0.2, 0.25) is 0 Å². The number of aliphatic hydroxyl groups excluding tert-OH is 1. The van der Waals surface area contributed by atoms with Gasteiger partial charge in [0.15, 0.2) is 6.29 Å². The first kappa shape index (κ1) is 10.4. The minimum absolute atomic E-state index is 0.291. The summed E-state index contributed by atoms with van der Waals surface area (Å²) in [6.07, 6.45) is -0.450. The Morgan fingerprint density at radius 3 is 2.86 bits per heavy atom. The van der Waals surface area contributed by atoms with E-state index in [1.807, 2.05) is 11.4 Å². The second kappa shape index (κ2) is 4.59. The van der Waals surface area contributed by atoms with Gasteiger partial charge in [-0.05, 0) is 11.4 Å². The van der Waals surface area contributed by atoms with Crippen LogP contribution in [0.25, 0.3) is 0 Å². The van der Waals surface area contributed by atoms with Crippen molar-refractivity contribution < 1.29 is 14.6 Å². The first-order valence-corrected chi connectivity index (χ1v) is 5.67. The Morgan fingerprint density at radius 1 is 1.57 bits per heavy atom. The van der Waals surface area contributed by atoms with Crippen molar-refractivity contribution in [1.29, 1.82) is 0 Å². The Balaban J connectivity index is 1.95. The molecule has 0 spiro atoms. The monoisotopic (exact) mass is 234 g/mol. The molecular weight excluding hydrogens is 224 g/mol. The third kappa shape index (κ3) is 2.27. The molecule has 5 heteroatoms. The Hall–Kier alpha value is -0.130. The summed E-state index contributed by atoms with van der Waals surface area (Å²) >= 11 is 7.31. The van der Waals surface area contributed by atoms with Gasteiger partial charge in [-0.15, -0.1) is 11.3 Å². The standard InChI is InChI=1S/C9H11ClO3S/c10-9-6(1-4-14-9)7(11)5-8-12-2-3-13-8/h1,4,7-8,11H,2-3,5H2. The first-order valence-electron chi connectivity index (χ1n) is 4.41. The highest BCUT2D eigenvalue weighted by Gasteiger charge is 2.22. The van der Waals surface area contributed by atoms with Crippen LogP contribution in [0.5, 0.6) is 0 Å². The molecule has 1 N–H and O–H groups in total. The van der Waals surface area contributed by atoms with Crippen LogP contribution in [-0.4, -0.2) is 24.6 Å². The van der Waals surface area contributed by atoms with Gasteiger partial charge in [0.05, 0.1) is 23.7 Å². The van der Waals surface area contributed by atoms with Crippen molar-refractivity contribution in [2.45, 2.75) is 18.8 Å². The lowest BCUT2D eigenvalue weighted by molar-refractivity contribution is -0.0707. The normalized spacial score (nSPS) is 20.1. The Labute approximate surface area is 91.2 Å². The molecule has 1 aromatic rings. The van der Waals surface area contributed by atoms with Crippen LogP contribution in [0.3, 0.4) is 0 Å². The largest absolute Gasteiger partial charge is 0.388 e. The Bertz CT molecular complexity index is 296. The van der Waals surface area contributed by atoms with Crippen molar-refractivity contribution in [2.24, 2.45) is 0 Å². The van der Waals surface area contributed by atoms with E-state index in [1.54, 1.807) is 0 Å². The van der Waals surface area contributed by atoms with Crippen molar-refractivity contribution in [3.05, 3.63) is 21.3 Å². The lowest BCUT2D eigenvalue weighted by atomic mass is 10.1. The molecule has 1 saturated heterocycles. The summed E-state index contributed by atoms with van der Waals surface area (Å²) < 4.78 is 11.1. The molecule has 3 nitrogen and oxygen atoms in total. The quantitative estimate of drug-likeness (QED) is 0.872. The van der Waals surface area contributed by atoms with Gasteiger partial charge in [-0.25, -0.2) is 0 Å². The van der Waals surface area contributed by atoms with Crippen molar-refractivity contribution in [2.75, 3.05) is 13.2 Å². The van der Waals surface area contributed by atoms with E-state index < -0.39 is 6.10 Å². The van der Waals surface area contributed by atoms with E-state index >= 15 is 0 Å². The molecule has 0 bridgehead atoms. The number of halogens is 1. The molecule has 78 valence electrons. The van der Waals surface area contributed by atoms with E-state index in [0.29, 0.717) is 24.0 Å². The topological polar surface area (TPSA) is 38.7 Å². The minimum Gasteiger partial charge on any atom is -0.388 e. The van der Waals surface area contributed by atoms with Crippen molar-refractivity contribution in [3.8, 4) is 0 Å². The average molecular weight is 235 g/mol. The van der Waals surface area contributed by atoms with Gasteiger partial charge in [0.1, 0.15) is 0 Å². The summed E-state index contributed by atoms with van der Waals surface area (Å²) in [6.45, 7) is 1.21. The molecule has 1 aromatic heterocycles. The fraction of sp³-hybridized carbons (Fsp3) is 0.556. The second-order valence-corrected chi connectivity index (χ2v) is 4.59. The molecule has 0 radical (unpaired) electrons. The molecule has 2 heterocycles. The minimum atomic E-state index is -0.600. The summed E-state index contributed by atoms with van der Waals surface area (Å²) in [6, 6.07) is 1.83. The van der Waals surface area contributed by atoms with Crippen LogP contribution in [-0.2, 0) is 9.47 Å². The molecule has 1 atom stereocenters. The number of ether oxygens (including phenoxy) is 2. The maximum atomic E-state index is 9.81. The third-order valence-electron chi connectivity index (χ3n) is 2.11. The van der Waals surface area contributed by atoms with Gasteiger partial charge in [-0.2, -0.15) is 0 Å². The van der Waals surface area contributed by atoms with E-state index in [1.165, 1.54) is 11.3 Å². The SMILES string of the molecule is OC(CC1OCCO1)c1ccsc1Cl. The van der Waals surface area contributed by atoms with Crippen LogP contribution < -0.4 is 0 Å². The first-order chi connectivity index (χ1) is 6.77. The van der Waals surface area contributed by atoms with E-state index in [2.05, 4.69) is 0 Å². The molecule has 14 heavy (non-hydrogen) atoms. The van der Waals surface area contributed by atoms with E-state index in [9.17, 15) is 5.11 Å². The highest BCUT2D eigenvalue weighted by Crippen LogP contribution is 2.31. The summed E-state index contributed by atoms with van der Waals surface area (Å²) in [5.41, 5.74) is 0.760. The molecule has 0 saturated carbocycles. The summed E-state index contributed by atoms with van der Waals surface area (Å²) in [7, 11) is 0. The van der Waals surface area contributed by atoms with Crippen molar-refractivity contribution >= 4 is 22.9 Å². The van der Waals surface area contributed by atoms with Crippen LogP contribution in [0.2, 0.25) is 4.34 Å². The van der Waals surface area contributed by atoms with Gasteiger partial charge in [-0.3, -0.25) is 0 Å². The highest BCUT2D eigenvalue weighted by atomic mass is 35.5. The van der Waals surface area contributed by atoms with Gasteiger partial charge >= 0.3 is 0 Å². The number of hydrogen-bond acceptors (Lipinski definition) is 4. The number of thiophene rings is 1. The summed E-state index contributed by atoms with van der Waals surface area (Å²) in [4.78, 5) is 0. The molecular formula is C9H11ClO3S. The third-order valence-corrected chi connectivity index (χ3v) is 3.31. The number of hydrogen-bond donors (Lipinski definition) is 1. The van der Waals surface area contributed by atoms with Crippen LogP contribution in [0.4, 0.5) is 0 Å². The molecule has 2 rings (SSSR count). The second-order valence-electron chi connectivity index (χ2n) is 3.07. The zero-order valence-electron chi connectivity index (χ0n) is 7.48. The molecule has 1 unspecified atom stereocenters. The molecule has 1 aliphatic heterocycles. The summed E-state index contributed by atoms with van der Waals surface area (Å²) in [5.74, 6) is 0. The van der Waals surface area contributed by atoms with Crippen LogP contribution >= 0.6 is 22.9 Å². The van der Waals surface area contributed by atoms with Crippen molar-refractivity contribution in [1.82, 2.24) is 0 Å². The van der Waals surface area contributed by atoms with Crippen molar-refractivity contribution in [3.63, 3.8) is 0 Å². The van der Waals surface area contributed by atoms with Gasteiger partial charge in [0, 0.05) is 12.0 Å². The zero-order chi connectivity index (χ0) is 9.97. The van der Waals surface area contributed by atoms with Gasteiger partial charge < -0.3 is 14.6 Å². The fourth-order valence-corrected chi connectivity index (χ4v) is 2.41. The van der Waals surface area contributed by atoms with Crippen LogP contribution in [0.15, 0.2) is 11.4 Å². The van der Waals surface area contributed by atoms with E-state index in [4.69, 9.17) is 21.1 Å².